The smallest absolute Gasteiger partial charge is 0.134 e. The second-order valence-corrected chi connectivity index (χ2v) is 5.20. The number of aromatic nitrogens is 1. The molecule has 1 aromatic carbocycles. The fourth-order valence-corrected chi connectivity index (χ4v) is 1.97. The van der Waals surface area contributed by atoms with Gasteiger partial charge in [-0.1, -0.05) is 50.5 Å². The van der Waals surface area contributed by atoms with Crippen molar-refractivity contribution in [3.8, 4) is 5.75 Å². The van der Waals surface area contributed by atoms with Crippen LogP contribution >= 0.6 is 0 Å². The third-order valence-corrected chi connectivity index (χ3v) is 3.15. The molecule has 0 fully saturated rings. The van der Waals surface area contributed by atoms with Gasteiger partial charge in [0.05, 0.1) is 13.2 Å². The molecule has 0 aliphatic carbocycles. The standard InChI is InChI=1S/C17H23NO3.2C2H6/c1-14-6-8-17(9-7-14)20-11-5-3-4-10-19-13-16-12-15(2)21-18-16;2*1-2/h6-9,12H,3-5,10-11,13H2,1-2H3;2*1-2H3. The molecule has 0 aliphatic heterocycles. The SMILES string of the molecule is CC.CC.Cc1ccc(OCCCCCOCc2cc(C)on2)cc1. The van der Waals surface area contributed by atoms with Crippen molar-refractivity contribution in [2.75, 3.05) is 13.2 Å². The maximum atomic E-state index is 5.68. The summed E-state index contributed by atoms with van der Waals surface area (Å²) in [5.41, 5.74) is 2.11. The Balaban J connectivity index is 0.00000134. The molecule has 0 amide bonds. The summed E-state index contributed by atoms with van der Waals surface area (Å²) in [6, 6.07) is 10.1. The lowest BCUT2D eigenvalue weighted by atomic mass is 10.2. The van der Waals surface area contributed by atoms with Gasteiger partial charge in [0.25, 0.3) is 0 Å². The number of unbranched alkanes of at least 4 members (excludes halogenated alkanes) is 2. The van der Waals surface area contributed by atoms with Gasteiger partial charge in [-0.3, -0.25) is 0 Å². The minimum Gasteiger partial charge on any atom is -0.494 e. The zero-order valence-corrected chi connectivity index (χ0v) is 16.8. The van der Waals surface area contributed by atoms with Gasteiger partial charge in [0.2, 0.25) is 0 Å². The van der Waals surface area contributed by atoms with Crippen LogP contribution in [0, 0.1) is 13.8 Å². The minimum absolute atomic E-state index is 0.525. The summed E-state index contributed by atoms with van der Waals surface area (Å²) in [6.45, 7) is 14.0. The van der Waals surface area contributed by atoms with E-state index < -0.39 is 0 Å². The Morgan fingerprint density at radius 2 is 1.52 bits per heavy atom. The van der Waals surface area contributed by atoms with E-state index in [4.69, 9.17) is 14.0 Å². The average Bonchev–Trinajstić information content (AvgIpc) is 3.07. The average molecular weight is 350 g/mol. The van der Waals surface area contributed by atoms with Crippen LogP contribution in [0.4, 0.5) is 0 Å². The molecule has 4 nitrogen and oxygen atoms in total. The van der Waals surface area contributed by atoms with Crippen LogP contribution in [0.1, 0.15) is 64.0 Å². The predicted molar refractivity (Wildman–Crippen MR) is 104 cm³/mol. The van der Waals surface area contributed by atoms with Crippen LogP contribution in [-0.2, 0) is 11.3 Å². The zero-order chi connectivity index (χ0) is 18.9. The Labute approximate surface area is 153 Å². The molecule has 2 aromatic rings. The van der Waals surface area contributed by atoms with E-state index in [0.29, 0.717) is 6.61 Å². The third kappa shape index (κ3) is 11.4. The van der Waals surface area contributed by atoms with E-state index in [-0.39, 0.29) is 0 Å². The molecular formula is C21H35NO3. The molecule has 25 heavy (non-hydrogen) atoms. The topological polar surface area (TPSA) is 44.5 Å². The van der Waals surface area contributed by atoms with E-state index in [1.165, 1.54) is 5.56 Å². The highest BCUT2D eigenvalue weighted by Gasteiger charge is 2.00. The molecule has 0 unspecified atom stereocenters. The Bertz CT molecular complexity index is 520. The van der Waals surface area contributed by atoms with Crippen molar-refractivity contribution in [2.24, 2.45) is 0 Å². The number of benzene rings is 1. The highest BCUT2D eigenvalue weighted by Crippen LogP contribution is 2.12. The summed E-state index contributed by atoms with van der Waals surface area (Å²) in [6.07, 6.45) is 3.18. The number of hydrogen-bond donors (Lipinski definition) is 0. The summed E-state index contributed by atoms with van der Waals surface area (Å²) >= 11 is 0. The van der Waals surface area contributed by atoms with Gasteiger partial charge in [-0.05, 0) is 45.2 Å². The Hall–Kier alpha value is -1.81. The van der Waals surface area contributed by atoms with Crippen LogP contribution in [0.2, 0.25) is 0 Å². The zero-order valence-electron chi connectivity index (χ0n) is 16.8. The largest absolute Gasteiger partial charge is 0.494 e. The highest BCUT2D eigenvalue weighted by molar-refractivity contribution is 5.26. The van der Waals surface area contributed by atoms with Crippen LogP contribution in [0.15, 0.2) is 34.9 Å². The molecular weight excluding hydrogens is 314 g/mol. The molecule has 1 aromatic heterocycles. The Morgan fingerprint density at radius 3 is 2.12 bits per heavy atom. The number of rotatable bonds is 9. The summed E-state index contributed by atoms with van der Waals surface area (Å²) in [5, 5.41) is 3.88. The summed E-state index contributed by atoms with van der Waals surface area (Å²) < 4.78 is 16.2. The molecule has 0 bridgehead atoms. The monoisotopic (exact) mass is 349 g/mol. The molecule has 0 saturated heterocycles. The first kappa shape index (κ1) is 23.2. The van der Waals surface area contributed by atoms with Gasteiger partial charge >= 0.3 is 0 Å². The maximum Gasteiger partial charge on any atom is 0.134 e. The van der Waals surface area contributed by atoms with Crippen molar-refractivity contribution < 1.29 is 14.0 Å². The van der Waals surface area contributed by atoms with Crippen LogP contribution in [0.3, 0.4) is 0 Å². The molecule has 142 valence electrons. The van der Waals surface area contributed by atoms with Crippen LogP contribution < -0.4 is 4.74 Å². The molecule has 0 N–H and O–H groups in total. The highest BCUT2D eigenvalue weighted by atomic mass is 16.5. The Kier molecular flexibility index (Phi) is 14.6. The lowest BCUT2D eigenvalue weighted by molar-refractivity contribution is 0.111. The van der Waals surface area contributed by atoms with Crippen molar-refractivity contribution in [3.63, 3.8) is 0 Å². The van der Waals surface area contributed by atoms with Crippen molar-refractivity contribution in [3.05, 3.63) is 47.3 Å². The first-order chi connectivity index (χ1) is 12.2. The van der Waals surface area contributed by atoms with Crippen LogP contribution in [0.25, 0.3) is 0 Å². The lowest BCUT2D eigenvalue weighted by Gasteiger charge is -2.06. The fourth-order valence-electron chi connectivity index (χ4n) is 1.97. The number of ether oxygens (including phenoxy) is 2. The quantitative estimate of drug-likeness (QED) is 0.512. The van der Waals surface area contributed by atoms with Gasteiger partial charge in [-0.2, -0.15) is 0 Å². The lowest BCUT2D eigenvalue weighted by Crippen LogP contribution is -2.00. The summed E-state index contributed by atoms with van der Waals surface area (Å²) in [5.74, 6) is 1.76. The first-order valence-electron chi connectivity index (χ1n) is 9.43. The molecule has 4 heteroatoms. The van der Waals surface area contributed by atoms with Crippen LogP contribution in [-0.4, -0.2) is 18.4 Å². The van der Waals surface area contributed by atoms with E-state index >= 15 is 0 Å². The maximum absolute atomic E-state index is 5.68. The summed E-state index contributed by atoms with van der Waals surface area (Å²) in [7, 11) is 0. The van der Waals surface area contributed by atoms with E-state index in [2.05, 4.69) is 24.2 Å². The first-order valence-corrected chi connectivity index (χ1v) is 9.43. The van der Waals surface area contributed by atoms with Gasteiger partial charge in [0.1, 0.15) is 17.2 Å². The van der Waals surface area contributed by atoms with Gasteiger partial charge in [0.15, 0.2) is 0 Å². The van der Waals surface area contributed by atoms with E-state index in [1.54, 1.807) is 0 Å². The number of aryl methyl sites for hydroxylation is 2. The van der Waals surface area contributed by atoms with Gasteiger partial charge in [-0.25, -0.2) is 0 Å². The molecule has 0 atom stereocenters. The third-order valence-electron chi connectivity index (χ3n) is 3.15. The van der Waals surface area contributed by atoms with Crippen molar-refractivity contribution in [1.82, 2.24) is 5.16 Å². The second-order valence-electron chi connectivity index (χ2n) is 5.20. The summed E-state index contributed by atoms with van der Waals surface area (Å²) in [4.78, 5) is 0. The molecule has 0 radical (unpaired) electrons. The van der Waals surface area contributed by atoms with Gasteiger partial charge in [0, 0.05) is 12.7 Å². The number of hydrogen-bond acceptors (Lipinski definition) is 4. The van der Waals surface area contributed by atoms with Gasteiger partial charge < -0.3 is 14.0 Å². The van der Waals surface area contributed by atoms with Crippen molar-refractivity contribution in [1.29, 1.82) is 0 Å². The van der Waals surface area contributed by atoms with E-state index in [9.17, 15) is 0 Å². The molecule has 0 saturated carbocycles. The minimum atomic E-state index is 0.525. The predicted octanol–water partition coefficient (Wildman–Crippen LogP) is 6.11. The fraction of sp³-hybridized carbons (Fsp3) is 0.571. The molecule has 0 spiro atoms. The molecule has 1 heterocycles. The second kappa shape index (κ2) is 15.7. The van der Waals surface area contributed by atoms with Crippen molar-refractivity contribution >= 4 is 0 Å². The molecule has 0 aliphatic rings. The van der Waals surface area contributed by atoms with Gasteiger partial charge in [-0.15, -0.1) is 0 Å². The normalized spacial score (nSPS) is 9.52. The van der Waals surface area contributed by atoms with E-state index in [1.807, 2.05) is 52.8 Å². The molecule has 2 rings (SSSR count). The van der Waals surface area contributed by atoms with E-state index in [0.717, 1.165) is 49.7 Å². The Morgan fingerprint density at radius 1 is 0.880 bits per heavy atom. The number of nitrogens with zero attached hydrogens (tertiary/aromatic N) is 1. The van der Waals surface area contributed by atoms with Crippen molar-refractivity contribution in [2.45, 2.75) is 67.4 Å². The van der Waals surface area contributed by atoms with Crippen LogP contribution in [0.5, 0.6) is 5.75 Å².